The minimum Gasteiger partial charge on any atom is -0.443 e. The largest absolute Gasteiger partial charge is 0.443 e. The average molecular weight is 204 g/mol. The number of amides is 1. The molecule has 0 rings (SSSR count). The summed E-state index contributed by atoms with van der Waals surface area (Å²) in [5.41, 5.74) is 4.56. The van der Waals surface area contributed by atoms with E-state index in [1.54, 1.807) is 20.8 Å². The molecule has 0 saturated heterocycles. The molecule has 1 atom stereocenters. The Balaban J connectivity index is 3.55. The lowest BCUT2D eigenvalue weighted by molar-refractivity contribution is 0.0492. The number of hydrogen-bond acceptors (Lipinski definition) is 4. The van der Waals surface area contributed by atoms with Crippen molar-refractivity contribution >= 4 is 6.09 Å². The molecule has 0 saturated carbocycles. The fourth-order valence-corrected chi connectivity index (χ4v) is 0.666. The van der Waals surface area contributed by atoms with Gasteiger partial charge in [-0.1, -0.05) is 6.92 Å². The topological polar surface area (TPSA) is 70.6 Å². The Kier molecular flexibility index (Phi) is 5.49. The normalized spacial score (nSPS) is 13.5. The molecular weight excluding hydrogens is 184 g/mol. The van der Waals surface area contributed by atoms with Crippen LogP contribution in [0.2, 0.25) is 0 Å². The zero-order valence-corrected chi connectivity index (χ0v) is 9.26. The number of rotatable bonds is 4. The predicted octanol–water partition coefficient (Wildman–Crippen LogP) is 0.644. The van der Waals surface area contributed by atoms with E-state index in [-0.39, 0.29) is 12.5 Å². The summed E-state index contributed by atoms with van der Waals surface area (Å²) < 4.78 is 4.98. The molecule has 0 aliphatic heterocycles. The number of carbonyl (C=O) groups is 1. The van der Waals surface area contributed by atoms with E-state index in [2.05, 4.69) is 10.9 Å². The molecule has 1 amide bonds. The molecule has 0 aromatic rings. The van der Waals surface area contributed by atoms with Gasteiger partial charge in [0.15, 0.2) is 0 Å². The lowest BCUT2D eigenvalue weighted by Gasteiger charge is -2.20. The van der Waals surface area contributed by atoms with Crippen LogP contribution in [-0.4, -0.2) is 30.0 Å². The number of carbonyl (C=O) groups excluding carboxylic acids is 1. The second kappa shape index (κ2) is 5.82. The monoisotopic (exact) mass is 204 g/mol. The fraction of sp³-hybridized carbons (Fsp3) is 0.889. The molecule has 84 valence electrons. The number of aliphatic hydroxyl groups is 1. The van der Waals surface area contributed by atoms with Gasteiger partial charge in [-0.05, 0) is 26.7 Å². The Morgan fingerprint density at radius 1 is 1.50 bits per heavy atom. The predicted molar refractivity (Wildman–Crippen MR) is 53.6 cm³/mol. The van der Waals surface area contributed by atoms with Gasteiger partial charge < -0.3 is 9.84 Å². The van der Waals surface area contributed by atoms with Crippen molar-refractivity contribution in [2.24, 2.45) is 5.92 Å². The molecule has 1 unspecified atom stereocenters. The van der Waals surface area contributed by atoms with Crippen molar-refractivity contribution in [3.8, 4) is 0 Å². The summed E-state index contributed by atoms with van der Waals surface area (Å²) in [5.74, 6) is 0.102. The second-order valence-corrected chi connectivity index (χ2v) is 4.30. The zero-order chi connectivity index (χ0) is 11.2. The van der Waals surface area contributed by atoms with Crippen molar-refractivity contribution in [2.75, 3.05) is 13.2 Å². The number of hydrazine groups is 1. The van der Waals surface area contributed by atoms with Gasteiger partial charge in [0.05, 0.1) is 0 Å². The number of hydrogen-bond donors (Lipinski definition) is 3. The maximum Gasteiger partial charge on any atom is 0.422 e. The van der Waals surface area contributed by atoms with Crippen LogP contribution in [0.5, 0.6) is 0 Å². The van der Waals surface area contributed by atoms with E-state index in [4.69, 9.17) is 9.84 Å². The highest BCUT2D eigenvalue weighted by atomic mass is 16.6. The van der Waals surface area contributed by atoms with Crippen LogP contribution in [0, 0.1) is 5.92 Å². The van der Waals surface area contributed by atoms with Crippen LogP contribution in [-0.2, 0) is 4.74 Å². The highest BCUT2D eigenvalue weighted by molar-refractivity contribution is 5.66. The molecule has 0 bridgehead atoms. The Morgan fingerprint density at radius 2 is 2.07 bits per heavy atom. The van der Waals surface area contributed by atoms with E-state index in [0.717, 1.165) is 0 Å². The van der Waals surface area contributed by atoms with Gasteiger partial charge in [0.1, 0.15) is 5.60 Å². The van der Waals surface area contributed by atoms with E-state index < -0.39 is 11.7 Å². The van der Waals surface area contributed by atoms with E-state index >= 15 is 0 Å². The van der Waals surface area contributed by atoms with Gasteiger partial charge in [-0.2, -0.15) is 0 Å². The highest BCUT2D eigenvalue weighted by Crippen LogP contribution is 2.05. The van der Waals surface area contributed by atoms with Crippen molar-refractivity contribution in [1.82, 2.24) is 10.9 Å². The summed E-state index contributed by atoms with van der Waals surface area (Å²) >= 11 is 0. The molecule has 0 spiro atoms. The molecule has 5 heteroatoms. The molecule has 0 aromatic heterocycles. The molecule has 0 aliphatic carbocycles. The van der Waals surface area contributed by atoms with E-state index in [0.29, 0.717) is 6.54 Å². The van der Waals surface area contributed by atoms with Crippen molar-refractivity contribution in [3.63, 3.8) is 0 Å². The van der Waals surface area contributed by atoms with Gasteiger partial charge in [0.25, 0.3) is 0 Å². The lowest BCUT2D eigenvalue weighted by Crippen LogP contribution is -2.43. The van der Waals surface area contributed by atoms with Crippen LogP contribution < -0.4 is 10.9 Å². The standard InChI is InChI=1S/C9H20N2O3/c1-7(6-12)5-10-11-8(13)14-9(2,3)4/h7,10,12H,5-6H2,1-4H3,(H,11,13). The molecule has 0 radical (unpaired) electrons. The SMILES string of the molecule is CC(CO)CNNC(=O)OC(C)(C)C. The number of nitrogens with one attached hydrogen (secondary N) is 2. The average Bonchev–Trinajstić information content (AvgIpc) is 2.00. The number of ether oxygens (including phenoxy) is 1. The van der Waals surface area contributed by atoms with Gasteiger partial charge in [-0.15, -0.1) is 0 Å². The van der Waals surface area contributed by atoms with Gasteiger partial charge in [0.2, 0.25) is 0 Å². The summed E-state index contributed by atoms with van der Waals surface area (Å²) in [5, 5.41) is 8.70. The van der Waals surface area contributed by atoms with E-state index in [9.17, 15) is 4.79 Å². The maximum atomic E-state index is 11.1. The van der Waals surface area contributed by atoms with Crippen LogP contribution in [0.25, 0.3) is 0 Å². The smallest absolute Gasteiger partial charge is 0.422 e. The number of aliphatic hydroxyl groups excluding tert-OH is 1. The summed E-state index contributed by atoms with van der Waals surface area (Å²) in [4.78, 5) is 11.1. The Hall–Kier alpha value is -0.810. The third-order valence-electron chi connectivity index (χ3n) is 1.35. The first kappa shape index (κ1) is 13.2. The van der Waals surface area contributed by atoms with Crippen LogP contribution in [0.15, 0.2) is 0 Å². The first-order valence-electron chi connectivity index (χ1n) is 4.68. The molecule has 3 N–H and O–H groups in total. The Bertz CT molecular complexity index is 177. The minimum absolute atomic E-state index is 0.0863. The van der Waals surface area contributed by atoms with E-state index in [1.807, 2.05) is 6.92 Å². The molecule has 5 nitrogen and oxygen atoms in total. The quantitative estimate of drug-likeness (QED) is 0.588. The molecule has 14 heavy (non-hydrogen) atoms. The highest BCUT2D eigenvalue weighted by Gasteiger charge is 2.15. The van der Waals surface area contributed by atoms with Crippen LogP contribution in [0.3, 0.4) is 0 Å². The summed E-state index contributed by atoms with van der Waals surface area (Å²) in [7, 11) is 0. The van der Waals surface area contributed by atoms with Gasteiger partial charge >= 0.3 is 6.09 Å². The Labute approximate surface area is 84.8 Å². The van der Waals surface area contributed by atoms with Gasteiger partial charge in [-0.25, -0.2) is 10.2 Å². The molecule has 0 heterocycles. The first-order valence-corrected chi connectivity index (χ1v) is 4.68. The van der Waals surface area contributed by atoms with Crippen LogP contribution >= 0.6 is 0 Å². The molecular formula is C9H20N2O3. The van der Waals surface area contributed by atoms with Crippen molar-refractivity contribution in [2.45, 2.75) is 33.3 Å². The minimum atomic E-state index is -0.511. The van der Waals surface area contributed by atoms with Crippen LogP contribution in [0.1, 0.15) is 27.7 Å². The van der Waals surface area contributed by atoms with Crippen molar-refractivity contribution < 1.29 is 14.6 Å². The third-order valence-corrected chi connectivity index (χ3v) is 1.35. The van der Waals surface area contributed by atoms with Gasteiger partial charge in [0, 0.05) is 13.2 Å². The summed E-state index contributed by atoms with van der Waals surface area (Å²) in [6, 6.07) is 0. The Morgan fingerprint density at radius 3 is 2.50 bits per heavy atom. The van der Waals surface area contributed by atoms with Gasteiger partial charge in [-0.3, -0.25) is 5.43 Å². The zero-order valence-electron chi connectivity index (χ0n) is 9.26. The lowest BCUT2D eigenvalue weighted by atomic mass is 10.2. The molecule has 0 fully saturated rings. The maximum absolute atomic E-state index is 11.1. The summed E-state index contributed by atoms with van der Waals surface area (Å²) in [6.45, 7) is 7.84. The fourth-order valence-electron chi connectivity index (χ4n) is 0.666. The molecule has 0 aromatic carbocycles. The molecule has 0 aliphatic rings. The second-order valence-electron chi connectivity index (χ2n) is 4.30. The third kappa shape index (κ3) is 7.82. The van der Waals surface area contributed by atoms with E-state index in [1.165, 1.54) is 0 Å². The first-order chi connectivity index (χ1) is 6.35. The van der Waals surface area contributed by atoms with Crippen molar-refractivity contribution in [3.05, 3.63) is 0 Å². The summed E-state index contributed by atoms with van der Waals surface area (Å²) in [6.07, 6.45) is -0.511. The van der Waals surface area contributed by atoms with Crippen LogP contribution in [0.4, 0.5) is 4.79 Å². The van der Waals surface area contributed by atoms with Crippen molar-refractivity contribution in [1.29, 1.82) is 0 Å².